The third-order valence-corrected chi connectivity index (χ3v) is 3.39. The maximum Gasteiger partial charge on any atom is 0.243 e. The third-order valence-electron chi connectivity index (χ3n) is 3.39. The normalized spacial score (nSPS) is 13.6. The number of carbonyl (C=O) groups excluding carboxylic acids is 1. The smallest absolute Gasteiger partial charge is 0.243 e. The van der Waals surface area contributed by atoms with Crippen molar-refractivity contribution >= 4 is 12.0 Å². The van der Waals surface area contributed by atoms with Gasteiger partial charge in [0, 0.05) is 12.6 Å². The largest absolute Gasteiger partial charge is 0.454 e. The van der Waals surface area contributed by atoms with E-state index in [1.165, 1.54) is 0 Å². The van der Waals surface area contributed by atoms with Gasteiger partial charge >= 0.3 is 0 Å². The van der Waals surface area contributed by atoms with Gasteiger partial charge in [0.15, 0.2) is 11.5 Å². The summed E-state index contributed by atoms with van der Waals surface area (Å²) in [5, 5.41) is 2.84. The van der Waals surface area contributed by atoms with Gasteiger partial charge in [-0.15, -0.1) is 0 Å². The molecule has 4 heteroatoms. The molecule has 1 N–H and O–H groups in total. The monoisotopic (exact) mass is 327 g/mol. The highest BCUT2D eigenvalue weighted by Gasteiger charge is 2.11. The van der Waals surface area contributed by atoms with E-state index in [0.29, 0.717) is 19.3 Å². The second-order valence-corrected chi connectivity index (χ2v) is 6.02. The van der Waals surface area contributed by atoms with Crippen molar-refractivity contribution < 1.29 is 14.3 Å². The summed E-state index contributed by atoms with van der Waals surface area (Å²) in [5.74, 6) is 2.03. The molecule has 4 nitrogen and oxygen atoms in total. The quantitative estimate of drug-likeness (QED) is 0.444. The molecule has 0 fully saturated rings. The van der Waals surface area contributed by atoms with Crippen molar-refractivity contribution in [2.75, 3.05) is 13.3 Å². The van der Waals surface area contributed by atoms with Crippen LogP contribution in [0.4, 0.5) is 0 Å². The van der Waals surface area contributed by atoms with Crippen LogP contribution in [0.3, 0.4) is 0 Å². The van der Waals surface area contributed by atoms with Crippen LogP contribution < -0.4 is 14.8 Å². The van der Waals surface area contributed by atoms with E-state index in [1.54, 1.807) is 12.2 Å². The van der Waals surface area contributed by atoms with Crippen molar-refractivity contribution in [3.8, 4) is 11.5 Å². The van der Waals surface area contributed by atoms with Crippen molar-refractivity contribution in [3.05, 3.63) is 54.1 Å². The van der Waals surface area contributed by atoms with Gasteiger partial charge in [0.1, 0.15) is 0 Å². The van der Waals surface area contributed by atoms with Crippen molar-refractivity contribution in [2.24, 2.45) is 5.92 Å². The van der Waals surface area contributed by atoms with Crippen LogP contribution in [0.5, 0.6) is 11.5 Å². The van der Waals surface area contributed by atoms with Gasteiger partial charge in [-0.05, 0) is 36.5 Å². The van der Waals surface area contributed by atoms with Crippen molar-refractivity contribution in [3.63, 3.8) is 0 Å². The van der Waals surface area contributed by atoms with Crippen molar-refractivity contribution in [1.29, 1.82) is 0 Å². The molecular formula is C20H25NO3. The molecule has 128 valence electrons. The molecule has 1 heterocycles. The molecule has 0 aliphatic carbocycles. The third kappa shape index (κ3) is 6.32. The second kappa shape index (κ2) is 9.60. The van der Waals surface area contributed by atoms with Crippen LogP contribution in [-0.4, -0.2) is 19.2 Å². The predicted molar refractivity (Wildman–Crippen MR) is 97.0 cm³/mol. The Hall–Kier alpha value is -2.49. The lowest BCUT2D eigenvalue weighted by atomic mass is 10.1. The molecule has 1 aliphatic rings. The average Bonchev–Trinajstić information content (AvgIpc) is 3.03. The first-order chi connectivity index (χ1) is 11.6. The first-order valence-electron chi connectivity index (χ1n) is 8.32. The molecule has 1 amide bonds. The number of nitrogens with one attached hydrogen (secondary N) is 1. The van der Waals surface area contributed by atoms with Gasteiger partial charge in [-0.2, -0.15) is 0 Å². The Kier molecular flexibility index (Phi) is 7.15. The van der Waals surface area contributed by atoms with Crippen LogP contribution >= 0.6 is 0 Å². The van der Waals surface area contributed by atoms with Crippen molar-refractivity contribution in [1.82, 2.24) is 5.32 Å². The first kappa shape index (κ1) is 17.9. The molecule has 1 aromatic rings. The highest BCUT2D eigenvalue weighted by molar-refractivity contribution is 5.87. The SMILES string of the molecule is CC(C)CNC(=O)/C=C/C=C/CC/C=C/c1ccc2c(c1)OCO2. The molecule has 1 aromatic carbocycles. The van der Waals surface area contributed by atoms with Crippen LogP contribution in [0.1, 0.15) is 32.3 Å². The Morgan fingerprint density at radius 1 is 1.17 bits per heavy atom. The number of allylic oxidation sites excluding steroid dienone is 4. The molecule has 0 atom stereocenters. The Labute approximate surface area is 143 Å². The van der Waals surface area contributed by atoms with Crippen LogP contribution in [0, 0.1) is 5.92 Å². The Bertz CT molecular complexity index is 630. The lowest BCUT2D eigenvalue weighted by molar-refractivity contribution is -0.116. The fourth-order valence-electron chi connectivity index (χ4n) is 2.11. The van der Waals surface area contributed by atoms with Gasteiger partial charge in [0.2, 0.25) is 12.7 Å². The fourth-order valence-corrected chi connectivity index (χ4v) is 2.11. The standard InChI is InChI=1S/C20H25NO3/c1-16(2)14-21-20(22)10-8-6-4-3-5-7-9-17-11-12-18-19(13-17)24-15-23-18/h4,6-13,16H,3,5,14-15H2,1-2H3,(H,21,22)/b6-4+,9-7+,10-8+. The zero-order valence-corrected chi connectivity index (χ0v) is 14.3. The number of ether oxygens (including phenoxy) is 2. The summed E-state index contributed by atoms with van der Waals surface area (Å²) >= 11 is 0. The Morgan fingerprint density at radius 2 is 1.96 bits per heavy atom. The summed E-state index contributed by atoms with van der Waals surface area (Å²) < 4.78 is 10.6. The molecule has 0 saturated carbocycles. The summed E-state index contributed by atoms with van der Waals surface area (Å²) in [7, 11) is 0. The molecule has 0 radical (unpaired) electrons. The minimum absolute atomic E-state index is 0.0453. The Morgan fingerprint density at radius 3 is 2.79 bits per heavy atom. The van der Waals surface area contributed by atoms with Gasteiger partial charge < -0.3 is 14.8 Å². The molecule has 0 unspecified atom stereocenters. The Balaban J connectivity index is 1.64. The van der Waals surface area contributed by atoms with Crippen LogP contribution in [0.15, 0.2) is 48.6 Å². The van der Waals surface area contributed by atoms with E-state index in [1.807, 2.05) is 24.3 Å². The summed E-state index contributed by atoms with van der Waals surface area (Å²) in [6.45, 7) is 5.15. The lowest BCUT2D eigenvalue weighted by Gasteiger charge is -2.03. The summed E-state index contributed by atoms with van der Waals surface area (Å²) in [4.78, 5) is 11.5. The minimum atomic E-state index is -0.0453. The molecular weight excluding hydrogens is 302 g/mol. The molecule has 0 aromatic heterocycles. The van der Waals surface area contributed by atoms with E-state index in [4.69, 9.17) is 9.47 Å². The van der Waals surface area contributed by atoms with Crippen LogP contribution in [0.25, 0.3) is 6.08 Å². The fraction of sp³-hybridized carbons (Fsp3) is 0.350. The number of fused-ring (bicyclic) bond motifs is 1. The molecule has 0 bridgehead atoms. The molecule has 24 heavy (non-hydrogen) atoms. The second-order valence-electron chi connectivity index (χ2n) is 6.02. The molecule has 2 rings (SSSR count). The average molecular weight is 327 g/mol. The maximum atomic E-state index is 11.5. The van der Waals surface area contributed by atoms with Gasteiger partial charge in [0.25, 0.3) is 0 Å². The first-order valence-corrected chi connectivity index (χ1v) is 8.32. The van der Waals surface area contributed by atoms with Gasteiger partial charge in [-0.3, -0.25) is 4.79 Å². The highest BCUT2D eigenvalue weighted by atomic mass is 16.7. The number of hydrogen-bond acceptors (Lipinski definition) is 3. The number of amides is 1. The van der Waals surface area contributed by atoms with E-state index in [2.05, 4.69) is 37.4 Å². The lowest BCUT2D eigenvalue weighted by Crippen LogP contribution is -2.25. The van der Waals surface area contributed by atoms with E-state index < -0.39 is 0 Å². The van der Waals surface area contributed by atoms with Gasteiger partial charge in [-0.25, -0.2) is 0 Å². The number of hydrogen-bond donors (Lipinski definition) is 1. The summed E-state index contributed by atoms with van der Waals surface area (Å²) in [5.41, 5.74) is 1.10. The zero-order valence-electron chi connectivity index (χ0n) is 14.3. The predicted octanol–water partition coefficient (Wildman–Crippen LogP) is 4.09. The summed E-state index contributed by atoms with van der Waals surface area (Å²) in [6.07, 6.45) is 13.4. The summed E-state index contributed by atoms with van der Waals surface area (Å²) in [6, 6.07) is 5.92. The van der Waals surface area contributed by atoms with Crippen LogP contribution in [-0.2, 0) is 4.79 Å². The minimum Gasteiger partial charge on any atom is -0.454 e. The van der Waals surface area contributed by atoms with E-state index in [0.717, 1.165) is 29.9 Å². The number of unbranched alkanes of at least 4 members (excludes halogenated alkanes) is 1. The molecule has 1 aliphatic heterocycles. The topological polar surface area (TPSA) is 47.6 Å². The maximum absolute atomic E-state index is 11.5. The van der Waals surface area contributed by atoms with Crippen molar-refractivity contribution in [2.45, 2.75) is 26.7 Å². The number of benzene rings is 1. The highest BCUT2D eigenvalue weighted by Crippen LogP contribution is 2.32. The van der Waals surface area contributed by atoms with Crippen LogP contribution in [0.2, 0.25) is 0 Å². The number of carbonyl (C=O) groups is 1. The molecule has 0 spiro atoms. The van der Waals surface area contributed by atoms with Gasteiger partial charge in [-0.1, -0.05) is 50.3 Å². The van der Waals surface area contributed by atoms with E-state index >= 15 is 0 Å². The molecule has 0 saturated heterocycles. The van der Waals surface area contributed by atoms with E-state index in [9.17, 15) is 4.79 Å². The van der Waals surface area contributed by atoms with Gasteiger partial charge in [0.05, 0.1) is 0 Å². The van der Waals surface area contributed by atoms with E-state index in [-0.39, 0.29) is 5.91 Å². The number of rotatable bonds is 8. The zero-order chi connectivity index (χ0) is 17.2.